The summed E-state index contributed by atoms with van der Waals surface area (Å²) in [6.45, 7) is 3.84. The number of rotatable bonds is 4. The van der Waals surface area contributed by atoms with Crippen LogP contribution in [0.25, 0.3) is 0 Å². The maximum Gasteiger partial charge on any atom is 0.123 e. The molecule has 0 aliphatic rings. The van der Waals surface area contributed by atoms with Crippen LogP contribution in [0, 0.1) is 5.82 Å². The van der Waals surface area contributed by atoms with Crippen molar-refractivity contribution in [1.82, 2.24) is 0 Å². The molecule has 2 aromatic carbocycles. The van der Waals surface area contributed by atoms with Gasteiger partial charge in [-0.15, -0.1) is 0 Å². The number of benzene rings is 2. The third kappa shape index (κ3) is 3.57. The van der Waals surface area contributed by atoms with Crippen LogP contribution in [0.5, 0.6) is 0 Å². The van der Waals surface area contributed by atoms with Crippen molar-refractivity contribution < 1.29 is 9.50 Å². The smallest absolute Gasteiger partial charge is 0.123 e. The summed E-state index contributed by atoms with van der Waals surface area (Å²) >= 11 is 12.2. The SMILES string of the molecule is CC(C)(c1ccc(F)cc1)C(O)Cc1cccc(Cl)c1Cl. The van der Waals surface area contributed by atoms with E-state index in [0.29, 0.717) is 16.5 Å². The molecular weight excluding hydrogens is 310 g/mol. The Kier molecular flexibility index (Phi) is 4.92. The van der Waals surface area contributed by atoms with Gasteiger partial charge in [0.15, 0.2) is 0 Å². The molecule has 21 heavy (non-hydrogen) atoms. The van der Waals surface area contributed by atoms with Gasteiger partial charge in [-0.25, -0.2) is 4.39 Å². The highest BCUT2D eigenvalue weighted by Crippen LogP contribution is 2.32. The average Bonchev–Trinajstić information content (AvgIpc) is 2.44. The lowest BCUT2D eigenvalue weighted by molar-refractivity contribution is 0.1000. The summed E-state index contributed by atoms with van der Waals surface area (Å²) < 4.78 is 13.0. The van der Waals surface area contributed by atoms with E-state index in [1.807, 2.05) is 19.9 Å². The monoisotopic (exact) mass is 326 g/mol. The minimum Gasteiger partial charge on any atom is -0.392 e. The molecule has 0 aromatic heterocycles. The standard InChI is InChI=1S/C17H17Cl2FO/c1-17(2,12-6-8-13(20)9-7-12)15(21)10-11-4-3-5-14(18)16(11)19/h3-9,15,21H,10H2,1-2H3. The van der Waals surface area contributed by atoms with Gasteiger partial charge in [-0.1, -0.05) is 61.3 Å². The Labute approximate surface area is 134 Å². The molecule has 0 radical (unpaired) electrons. The molecule has 1 unspecified atom stereocenters. The lowest BCUT2D eigenvalue weighted by Gasteiger charge is -2.31. The largest absolute Gasteiger partial charge is 0.392 e. The molecule has 112 valence electrons. The predicted octanol–water partition coefficient (Wildman–Crippen LogP) is 5.01. The third-order valence-electron chi connectivity index (χ3n) is 3.87. The first-order valence-electron chi connectivity index (χ1n) is 6.69. The Bertz CT molecular complexity index is 623. The number of aliphatic hydroxyl groups is 1. The fourth-order valence-electron chi connectivity index (χ4n) is 2.24. The molecule has 1 N–H and O–H groups in total. The van der Waals surface area contributed by atoms with Gasteiger partial charge in [-0.05, 0) is 29.3 Å². The number of halogens is 3. The van der Waals surface area contributed by atoms with Crippen LogP contribution >= 0.6 is 23.2 Å². The van der Waals surface area contributed by atoms with Crippen LogP contribution in [0.4, 0.5) is 4.39 Å². The summed E-state index contributed by atoms with van der Waals surface area (Å²) in [6.07, 6.45) is -0.289. The fourth-order valence-corrected chi connectivity index (χ4v) is 2.64. The van der Waals surface area contributed by atoms with E-state index in [4.69, 9.17) is 23.2 Å². The number of hydrogen-bond acceptors (Lipinski definition) is 1. The predicted molar refractivity (Wildman–Crippen MR) is 85.6 cm³/mol. The molecule has 2 aromatic rings. The lowest BCUT2D eigenvalue weighted by atomic mass is 9.77. The molecule has 0 saturated heterocycles. The highest BCUT2D eigenvalue weighted by molar-refractivity contribution is 6.42. The molecule has 0 bridgehead atoms. The van der Waals surface area contributed by atoms with E-state index >= 15 is 0 Å². The number of aliphatic hydroxyl groups excluding tert-OH is 1. The summed E-state index contributed by atoms with van der Waals surface area (Å²) in [4.78, 5) is 0. The van der Waals surface area contributed by atoms with Gasteiger partial charge in [0.2, 0.25) is 0 Å². The zero-order valence-electron chi connectivity index (χ0n) is 11.9. The van der Waals surface area contributed by atoms with E-state index in [0.717, 1.165) is 11.1 Å². The molecule has 1 nitrogen and oxygen atoms in total. The highest BCUT2D eigenvalue weighted by Gasteiger charge is 2.30. The van der Waals surface area contributed by atoms with Crippen molar-refractivity contribution in [3.63, 3.8) is 0 Å². The van der Waals surface area contributed by atoms with Crippen molar-refractivity contribution in [1.29, 1.82) is 0 Å². The summed E-state index contributed by atoms with van der Waals surface area (Å²) in [5.41, 5.74) is 1.14. The van der Waals surface area contributed by atoms with Gasteiger partial charge in [0.25, 0.3) is 0 Å². The Morgan fingerprint density at radius 2 is 1.71 bits per heavy atom. The molecular formula is C17H17Cl2FO. The van der Waals surface area contributed by atoms with Gasteiger partial charge in [-0.2, -0.15) is 0 Å². The van der Waals surface area contributed by atoms with Gasteiger partial charge >= 0.3 is 0 Å². The lowest BCUT2D eigenvalue weighted by Crippen LogP contribution is -2.35. The van der Waals surface area contributed by atoms with Gasteiger partial charge in [0.05, 0.1) is 16.1 Å². The van der Waals surface area contributed by atoms with E-state index in [-0.39, 0.29) is 5.82 Å². The summed E-state index contributed by atoms with van der Waals surface area (Å²) in [5, 5.41) is 11.5. The molecule has 1 atom stereocenters. The van der Waals surface area contributed by atoms with Gasteiger partial charge in [-0.3, -0.25) is 0 Å². The quantitative estimate of drug-likeness (QED) is 0.836. The fraction of sp³-hybridized carbons (Fsp3) is 0.294. The second-order valence-electron chi connectivity index (χ2n) is 5.66. The van der Waals surface area contributed by atoms with E-state index < -0.39 is 11.5 Å². The highest BCUT2D eigenvalue weighted by atomic mass is 35.5. The Balaban J connectivity index is 2.24. The van der Waals surface area contributed by atoms with Crippen LogP contribution in [-0.4, -0.2) is 11.2 Å². The van der Waals surface area contributed by atoms with Crippen LogP contribution in [0.2, 0.25) is 10.0 Å². The van der Waals surface area contributed by atoms with Crippen molar-refractivity contribution in [2.24, 2.45) is 0 Å². The van der Waals surface area contributed by atoms with Crippen LogP contribution in [0.1, 0.15) is 25.0 Å². The molecule has 0 heterocycles. The Morgan fingerprint density at radius 3 is 2.33 bits per heavy atom. The van der Waals surface area contributed by atoms with E-state index in [1.54, 1.807) is 24.3 Å². The van der Waals surface area contributed by atoms with Crippen LogP contribution < -0.4 is 0 Å². The third-order valence-corrected chi connectivity index (χ3v) is 4.72. The van der Waals surface area contributed by atoms with E-state index in [1.165, 1.54) is 12.1 Å². The topological polar surface area (TPSA) is 20.2 Å². The van der Waals surface area contributed by atoms with Crippen molar-refractivity contribution in [3.05, 3.63) is 69.5 Å². The zero-order valence-corrected chi connectivity index (χ0v) is 13.4. The maximum absolute atomic E-state index is 13.0. The van der Waals surface area contributed by atoms with Gasteiger partial charge in [0, 0.05) is 11.8 Å². The normalized spacial score (nSPS) is 13.2. The van der Waals surface area contributed by atoms with E-state index in [9.17, 15) is 9.50 Å². The minimum atomic E-state index is -0.668. The van der Waals surface area contributed by atoms with E-state index in [2.05, 4.69) is 0 Å². The first-order valence-corrected chi connectivity index (χ1v) is 7.45. The van der Waals surface area contributed by atoms with Crippen LogP contribution in [-0.2, 0) is 11.8 Å². The molecule has 4 heteroatoms. The molecule has 0 aliphatic heterocycles. The Morgan fingerprint density at radius 1 is 1.10 bits per heavy atom. The van der Waals surface area contributed by atoms with Crippen LogP contribution in [0.3, 0.4) is 0 Å². The minimum absolute atomic E-state index is 0.290. The average molecular weight is 327 g/mol. The molecule has 0 fully saturated rings. The Hall–Kier alpha value is -1.09. The first kappa shape index (κ1) is 16.3. The molecule has 0 aliphatic carbocycles. The summed E-state index contributed by atoms with van der Waals surface area (Å²) in [5.74, 6) is -0.290. The van der Waals surface area contributed by atoms with Crippen LogP contribution in [0.15, 0.2) is 42.5 Å². The first-order chi connectivity index (χ1) is 9.82. The molecule has 0 amide bonds. The zero-order chi connectivity index (χ0) is 15.6. The van der Waals surface area contributed by atoms with Gasteiger partial charge in [0.1, 0.15) is 5.82 Å². The second-order valence-corrected chi connectivity index (χ2v) is 6.45. The van der Waals surface area contributed by atoms with Crippen molar-refractivity contribution >= 4 is 23.2 Å². The van der Waals surface area contributed by atoms with Crippen molar-refractivity contribution in [3.8, 4) is 0 Å². The molecule has 0 spiro atoms. The van der Waals surface area contributed by atoms with Gasteiger partial charge < -0.3 is 5.11 Å². The molecule has 2 rings (SSSR count). The maximum atomic E-state index is 13.0. The number of hydrogen-bond donors (Lipinski definition) is 1. The molecule has 0 saturated carbocycles. The second kappa shape index (κ2) is 6.35. The van der Waals surface area contributed by atoms with Crippen molar-refractivity contribution in [2.45, 2.75) is 31.8 Å². The van der Waals surface area contributed by atoms with Crippen molar-refractivity contribution in [2.75, 3.05) is 0 Å². The summed E-state index contributed by atoms with van der Waals surface area (Å²) in [7, 11) is 0. The summed E-state index contributed by atoms with van der Waals surface area (Å²) in [6, 6.07) is 11.5.